The molecule has 146 valence electrons. The second kappa shape index (κ2) is 6.78. The van der Waals surface area contributed by atoms with E-state index in [2.05, 4.69) is 25.2 Å². The Kier molecular flexibility index (Phi) is 4.39. The Hall–Kier alpha value is -3.59. The molecule has 4 rings (SSSR count). The van der Waals surface area contributed by atoms with Crippen LogP contribution >= 0.6 is 0 Å². The molecule has 0 aliphatic heterocycles. The van der Waals surface area contributed by atoms with Crippen LogP contribution in [0.15, 0.2) is 42.0 Å². The smallest absolute Gasteiger partial charge is 0.312 e. The summed E-state index contributed by atoms with van der Waals surface area (Å²) in [6.07, 6.45) is 0.659. The third kappa shape index (κ3) is 3.05. The molecule has 29 heavy (non-hydrogen) atoms. The topological polar surface area (TPSA) is 105 Å². The van der Waals surface area contributed by atoms with Crippen molar-refractivity contribution in [3.8, 4) is 11.8 Å². The summed E-state index contributed by atoms with van der Waals surface area (Å²) in [6.45, 7) is 4.82. The molecule has 2 aliphatic rings. The van der Waals surface area contributed by atoms with Gasteiger partial charge in [0.25, 0.3) is 0 Å². The molecule has 2 aromatic carbocycles. The highest BCUT2D eigenvalue weighted by molar-refractivity contribution is 6.33. The number of primary amides is 1. The average Bonchev–Trinajstić information content (AvgIpc) is 3.09. The van der Waals surface area contributed by atoms with Crippen molar-refractivity contribution in [1.82, 2.24) is 5.32 Å². The number of carbonyl (C=O) groups excluding carboxylic acids is 2. The predicted molar refractivity (Wildman–Crippen MR) is 109 cm³/mol. The molecule has 3 N–H and O–H groups in total. The predicted octanol–water partition coefficient (Wildman–Crippen LogP) is 3.09. The zero-order chi connectivity index (χ0) is 20.8. The number of amides is 2. The van der Waals surface area contributed by atoms with Gasteiger partial charge in [0, 0.05) is 16.6 Å². The Labute approximate surface area is 169 Å². The van der Waals surface area contributed by atoms with Crippen LogP contribution in [0.5, 0.6) is 5.75 Å². The Balaban J connectivity index is 1.68. The van der Waals surface area contributed by atoms with Crippen molar-refractivity contribution >= 4 is 17.4 Å². The third-order valence-electron chi connectivity index (χ3n) is 5.73. The lowest BCUT2D eigenvalue weighted by molar-refractivity contribution is 0.105. The molecule has 0 radical (unpaired) electrons. The molecule has 0 atom stereocenters. The van der Waals surface area contributed by atoms with Crippen LogP contribution in [0.2, 0.25) is 0 Å². The summed E-state index contributed by atoms with van der Waals surface area (Å²) < 4.78 is 5.72. The number of hydrogen-bond acceptors (Lipinski definition) is 4. The highest BCUT2D eigenvalue weighted by Crippen LogP contribution is 2.50. The number of nitrogens with zero attached hydrogens (tertiary/aromatic N) is 1. The molecule has 6 heteroatoms. The van der Waals surface area contributed by atoms with Crippen molar-refractivity contribution in [2.45, 2.75) is 25.7 Å². The molecule has 6 nitrogen and oxygen atoms in total. The molecular formula is C23H21N3O3. The summed E-state index contributed by atoms with van der Waals surface area (Å²) >= 11 is 0. The monoisotopic (exact) mass is 387 g/mol. The number of ketones is 1. The molecule has 0 aromatic heterocycles. The minimum Gasteiger partial charge on any atom is -0.492 e. The maximum absolute atomic E-state index is 13.3. The molecular weight excluding hydrogens is 366 g/mol. The van der Waals surface area contributed by atoms with Crippen LogP contribution in [-0.4, -0.2) is 25.0 Å². The molecule has 2 aliphatic carbocycles. The van der Waals surface area contributed by atoms with E-state index >= 15 is 0 Å². The zero-order valence-electron chi connectivity index (χ0n) is 16.3. The molecule has 0 saturated heterocycles. The van der Waals surface area contributed by atoms with Gasteiger partial charge in [-0.3, -0.25) is 4.79 Å². The second-order valence-electron chi connectivity index (χ2n) is 7.82. The molecule has 0 fully saturated rings. The quantitative estimate of drug-likeness (QED) is 0.787. The average molecular weight is 387 g/mol. The summed E-state index contributed by atoms with van der Waals surface area (Å²) in [5.41, 5.74) is 10.7. The molecule has 0 bridgehead atoms. The third-order valence-corrected chi connectivity index (χ3v) is 5.73. The van der Waals surface area contributed by atoms with Gasteiger partial charge in [-0.15, -0.1) is 0 Å². The number of urea groups is 1. The van der Waals surface area contributed by atoms with Gasteiger partial charge in [-0.05, 0) is 59.0 Å². The first-order chi connectivity index (χ1) is 13.8. The van der Waals surface area contributed by atoms with E-state index in [-0.39, 0.29) is 17.8 Å². The summed E-state index contributed by atoms with van der Waals surface area (Å²) in [4.78, 5) is 24.1. The number of hydrogen-bond donors (Lipinski definition) is 2. The van der Waals surface area contributed by atoms with Crippen molar-refractivity contribution in [1.29, 1.82) is 5.26 Å². The number of rotatable bonds is 4. The van der Waals surface area contributed by atoms with Gasteiger partial charge < -0.3 is 15.8 Å². The van der Waals surface area contributed by atoms with Gasteiger partial charge in [0.2, 0.25) is 0 Å². The number of nitrogens with two attached hydrogens (primary N) is 1. The van der Waals surface area contributed by atoms with Gasteiger partial charge in [0.05, 0.1) is 18.2 Å². The lowest BCUT2D eigenvalue weighted by Crippen LogP contribution is -2.32. The van der Waals surface area contributed by atoms with Gasteiger partial charge in [-0.2, -0.15) is 5.26 Å². The Morgan fingerprint density at radius 2 is 2.00 bits per heavy atom. The van der Waals surface area contributed by atoms with Crippen molar-refractivity contribution in [3.05, 3.63) is 69.8 Å². The van der Waals surface area contributed by atoms with Gasteiger partial charge in [0.1, 0.15) is 12.4 Å². The van der Waals surface area contributed by atoms with Crippen molar-refractivity contribution in [3.63, 3.8) is 0 Å². The second-order valence-corrected chi connectivity index (χ2v) is 7.82. The van der Waals surface area contributed by atoms with Crippen LogP contribution < -0.4 is 15.8 Å². The van der Waals surface area contributed by atoms with Crippen LogP contribution in [0, 0.1) is 11.3 Å². The standard InChI is InChI=1S/C23H21N3O3/c1-23(2)18-11-15(29-8-7-26-22(25)28)4-6-17(18)21(27)20-16-5-3-13(12-24)9-14(16)10-19(20)23/h3-6,9,11H,7-8,10H2,1-2H3,(H3,25,26,28). The van der Waals surface area contributed by atoms with Gasteiger partial charge in [-0.1, -0.05) is 19.9 Å². The minimum absolute atomic E-state index is 0.0136. The first-order valence-corrected chi connectivity index (χ1v) is 9.45. The molecule has 0 saturated carbocycles. The lowest BCUT2D eigenvalue weighted by atomic mass is 9.68. The van der Waals surface area contributed by atoms with Crippen molar-refractivity contribution in [2.24, 2.45) is 5.73 Å². The van der Waals surface area contributed by atoms with E-state index in [1.807, 2.05) is 24.3 Å². The van der Waals surface area contributed by atoms with Crippen LogP contribution in [0.3, 0.4) is 0 Å². The fourth-order valence-corrected chi connectivity index (χ4v) is 4.26. The highest BCUT2D eigenvalue weighted by atomic mass is 16.5. The summed E-state index contributed by atoms with van der Waals surface area (Å²) in [5, 5.41) is 11.7. The number of fused-ring (bicyclic) bond motifs is 3. The van der Waals surface area contributed by atoms with Gasteiger partial charge in [0.15, 0.2) is 5.78 Å². The van der Waals surface area contributed by atoms with Gasteiger partial charge in [-0.25, -0.2) is 4.79 Å². The number of benzene rings is 2. The van der Waals surface area contributed by atoms with Crippen molar-refractivity contribution in [2.75, 3.05) is 13.2 Å². The summed E-state index contributed by atoms with van der Waals surface area (Å²) in [7, 11) is 0. The van der Waals surface area contributed by atoms with Crippen LogP contribution in [0.25, 0.3) is 5.57 Å². The number of nitrogens with one attached hydrogen (secondary N) is 1. The Morgan fingerprint density at radius 1 is 1.24 bits per heavy atom. The largest absolute Gasteiger partial charge is 0.492 e. The Bertz CT molecular complexity index is 1120. The fraction of sp³-hybridized carbons (Fsp3) is 0.261. The normalized spacial score (nSPS) is 15.8. The maximum Gasteiger partial charge on any atom is 0.312 e. The fourth-order valence-electron chi connectivity index (χ4n) is 4.26. The highest BCUT2D eigenvalue weighted by Gasteiger charge is 2.42. The van der Waals surface area contributed by atoms with E-state index in [9.17, 15) is 14.9 Å². The first kappa shape index (κ1) is 18.8. The number of allylic oxidation sites excluding steroid dienone is 2. The van der Waals surface area contributed by atoms with E-state index in [0.717, 1.165) is 27.8 Å². The number of carbonyl (C=O) groups is 2. The minimum atomic E-state index is -0.592. The zero-order valence-corrected chi connectivity index (χ0v) is 16.3. The van der Waals surface area contributed by atoms with E-state index in [0.29, 0.717) is 29.8 Å². The van der Waals surface area contributed by atoms with Crippen molar-refractivity contribution < 1.29 is 14.3 Å². The maximum atomic E-state index is 13.3. The summed E-state index contributed by atoms with van der Waals surface area (Å²) in [6, 6.07) is 12.6. The molecule has 0 unspecified atom stereocenters. The van der Waals surface area contributed by atoms with E-state index in [1.54, 1.807) is 12.1 Å². The van der Waals surface area contributed by atoms with E-state index in [4.69, 9.17) is 10.5 Å². The van der Waals surface area contributed by atoms with Crippen LogP contribution in [0.1, 0.15) is 46.5 Å². The van der Waals surface area contributed by atoms with Crippen LogP contribution in [0.4, 0.5) is 4.79 Å². The van der Waals surface area contributed by atoms with Crippen LogP contribution in [-0.2, 0) is 11.8 Å². The number of ether oxygens (including phenoxy) is 1. The lowest BCUT2D eigenvalue weighted by Gasteiger charge is -2.34. The van der Waals surface area contributed by atoms with Gasteiger partial charge >= 0.3 is 6.03 Å². The summed E-state index contributed by atoms with van der Waals surface area (Å²) in [5.74, 6) is 0.655. The van der Waals surface area contributed by atoms with E-state index < -0.39 is 6.03 Å². The molecule has 0 spiro atoms. The SMILES string of the molecule is CC1(C)C2=C(C(=O)c3ccc(OCCNC(N)=O)cc31)c1ccc(C#N)cc1C2. The first-order valence-electron chi connectivity index (χ1n) is 9.45. The molecule has 0 heterocycles. The molecule has 2 aromatic rings. The number of Topliss-reactive ketones (excluding diaryl/α,β-unsaturated/α-hetero) is 1. The Morgan fingerprint density at radius 3 is 2.72 bits per heavy atom. The molecule has 2 amide bonds. The number of nitriles is 1. The van der Waals surface area contributed by atoms with E-state index in [1.165, 1.54) is 0 Å².